The van der Waals surface area contributed by atoms with Gasteiger partial charge < -0.3 is 0 Å². The van der Waals surface area contributed by atoms with E-state index in [0.29, 0.717) is 5.69 Å². The predicted octanol–water partition coefficient (Wildman–Crippen LogP) is 3.08. The number of thiol groups is 1. The maximum atomic E-state index is 8.98. The molecule has 2 aromatic rings. The minimum atomic E-state index is -1.53. The number of nitriles is 1. The van der Waals surface area contributed by atoms with Gasteiger partial charge in [0.1, 0.15) is 6.07 Å². The number of aromatic nitrogens is 2. The van der Waals surface area contributed by atoms with Gasteiger partial charge in [0.05, 0.1) is 5.52 Å². The molecule has 0 saturated heterocycles. The van der Waals surface area contributed by atoms with Gasteiger partial charge in [0.15, 0.2) is 5.69 Å². The van der Waals surface area contributed by atoms with Crippen LogP contribution in [0.2, 0.25) is 0 Å². The van der Waals surface area contributed by atoms with Crippen LogP contribution in [0.1, 0.15) is 5.69 Å². The maximum absolute atomic E-state index is 8.98. The molecule has 0 amide bonds. The van der Waals surface area contributed by atoms with E-state index in [1.54, 1.807) is 0 Å². The van der Waals surface area contributed by atoms with Crippen LogP contribution in [0.4, 0.5) is 0 Å². The van der Waals surface area contributed by atoms with Crippen LogP contribution in [-0.4, -0.2) is 40.3 Å². The number of para-hydroxylation sites is 1. The van der Waals surface area contributed by atoms with E-state index in [1.165, 1.54) is 4.90 Å². The number of hydrogen-bond donors (Lipinski definition) is 2. The quantitative estimate of drug-likeness (QED) is 0.671. The van der Waals surface area contributed by atoms with Gasteiger partial charge in [-0.15, -0.1) is 11.8 Å². The Morgan fingerprint density at radius 1 is 1.33 bits per heavy atom. The number of fused-ring (bicyclic) bond motifs is 1. The lowest BCUT2D eigenvalue weighted by molar-refractivity contribution is 1.09. The summed E-state index contributed by atoms with van der Waals surface area (Å²) in [6, 6.07) is 8.14. The molecule has 3 nitrogen and oxygen atoms in total. The summed E-state index contributed by atoms with van der Waals surface area (Å²) in [5, 5.41) is 18.1. The molecule has 2 rings (SSSR count). The van der Waals surface area contributed by atoms with Crippen molar-refractivity contribution in [2.24, 2.45) is 0 Å². The normalized spacial score (nSPS) is 14.1. The van der Waals surface area contributed by atoms with E-state index in [4.69, 9.17) is 5.26 Å². The topological polar surface area (TPSA) is 52.5 Å². The highest BCUT2D eigenvalue weighted by Gasteiger charge is 2.19. The highest BCUT2D eigenvalue weighted by molar-refractivity contribution is 8.51. The fraction of sp³-hybridized carbons (Fsp3) is 0.385. The zero-order chi connectivity index (χ0) is 13.4. The van der Waals surface area contributed by atoms with Crippen molar-refractivity contribution < 1.29 is 0 Å². The molecule has 1 aromatic carbocycles. The van der Waals surface area contributed by atoms with Crippen molar-refractivity contribution >= 4 is 31.8 Å². The second-order valence-electron chi connectivity index (χ2n) is 6.58. The summed E-state index contributed by atoms with van der Waals surface area (Å²) in [4.78, 5) is 1.18. The van der Waals surface area contributed by atoms with Gasteiger partial charge in [-0.3, -0.25) is 14.3 Å². The molecule has 0 unspecified atom stereocenters. The van der Waals surface area contributed by atoms with Crippen LogP contribution >= 0.6 is 20.9 Å². The largest absolute Gasteiger partial charge is 0.284 e. The molecule has 0 fully saturated rings. The third-order valence-corrected chi connectivity index (χ3v) is 7.70. The minimum absolute atomic E-state index is 0.478. The Morgan fingerprint density at radius 3 is 2.67 bits per heavy atom. The number of nitrogens with one attached hydrogen (secondary N) is 1. The molecule has 1 heterocycles. The second kappa shape index (κ2) is 4.22. The smallest absolute Gasteiger partial charge is 0.170 e. The van der Waals surface area contributed by atoms with Crippen LogP contribution in [-0.2, 0) is 0 Å². The average molecular weight is 281 g/mol. The second-order valence-corrected chi connectivity index (χ2v) is 16.2. The van der Waals surface area contributed by atoms with Gasteiger partial charge in [-0.1, -0.05) is 6.07 Å². The molecule has 18 heavy (non-hydrogen) atoms. The SMILES string of the molecule is C[SH](C)(C)(C)CSc1cccc2c(C#N)n[nH]c12. The fourth-order valence-electron chi connectivity index (χ4n) is 1.55. The lowest BCUT2D eigenvalue weighted by atomic mass is 10.2. The summed E-state index contributed by atoms with van der Waals surface area (Å²) >= 11 is 1.86. The molecule has 0 radical (unpaired) electrons. The molecular weight excluding hydrogens is 262 g/mol. The summed E-state index contributed by atoms with van der Waals surface area (Å²) in [6.07, 6.45) is 9.47. The number of aromatic amines is 1. The van der Waals surface area contributed by atoms with Gasteiger partial charge in [-0.05, 0) is 37.2 Å². The van der Waals surface area contributed by atoms with Gasteiger partial charge in [-0.2, -0.15) is 10.4 Å². The van der Waals surface area contributed by atoms with Crippen LogP contribution in [0.25, 0.3) is 10.9 Å². The Kier molecular flexibility index (Phi) is 3.12. The van der Waals surface area contributed by atoms with Crippen LogP contribution in [0.5, 0.6) is 0 Å². The summed E-state index contributed by atoms with van der Waals surface area (Å²) < 4.78 is 0. The van der Waals surface area contributed by atoms with Gasteiger partial charge >= 0.3 is 0 Å². The van der Waals surface area contributed by atoms with E-state index in [-0.39, 0.29) is 0 Å². The summed E-state index contributed by atoms with van der Waals surface area (Å²) in [5.74, 6) is 0. The molecule has 0 atom stereocenters. The minimum Gasteiger partial charge on any atom is -0.284 e. The Bertz CT molecular complexity index is 620. The number of thioether (sulfide) groups is 1. The van der Waals surface area contributed by atoms with E-state index in [1.807, 2.05) is 23.9 Å². The summed E-state index contributed by atoms with van der Waals surface area (Å²) in [6.45, 7) is 0. The van der Waals surface area contributed by atoms with Crippen molar-refractivity contribution in [2.45, 2.75) is 4.90 Å². The van der Waals surface area contributed by atoms with E-state index < -0.39 is 9.16 Å². The summed E-state index contributed by atoms with van der Waals surface area (Å²) in [5.41, 5.74) is 1.46. The number of hydrogen-bond acceptors (Lipinski definition) is 3. The van der Waals surface area contributed by atoms with Gasteiger partial charge in [0.2, 0.25) is 0 Å². The number of benzene rings is 1. The van der Waals surface area contributed by atoms with Crippen molar-refractivity contribution in [1.29, 1.82) is 5.26 Å². The monoisotopic (exact) mass is 281 g/mol. The van der Waals surface area contributed by atoms with E-state index in [2.05, 4.69) is 47.4 Å². The molecule has 5 heteroatoms. The van der Waals surface area contributed by atoms with Crippen LogP contribution in [0.3, 0.4) is 0 Å². The Morgan fingerprint density at radius 2 is 2.06 bits per heavy atom. The number of H-pyrrole nitrogens is 1. The molecule has 0 aliphatic rings. The Labute approximate surface area is 112 Å². The molecule has 98 valence electrons. The van der Waals surface area contributed by atoms with Crippen molar-refractivity contribution in [2.75, 3.05) is 30.1 Å². The molecule has 1 N–H and O–H groups in total. The average Bonchev–Trinajstić information content (AvgIpc) is 2.67. The Hall–Kier alpha value is -1.12. The highest BCUT2D eigenvalue weighted by Crippen LogP contribution is 2.58. The van der Waals surface area contributed by atoms with Crippen LogP contribution < -0.4 is 0 Å². The first-order chi connectivity index (χ1) is 8.26. The molecule has 0 saturated carbocycles. The maximum Gasteiger partial charge on any atom is 0.170 e. The Balaban J connectivity index is 2.36. The van der Waals surface area contributed by atoms with Crippen LogP contribution in [0.15, 0.2) is 23.1 Å². The third-order valence-electron chi connectivity index (χ3n) is 2.40. The fourth-order valence-corrected chi connectivity index (χ4v) is 4.65. The zero-order valence-corrected chi connectivity index (χ0v) is 12.9. The first kappa shape index (κ1) is 13.3. The number of rotatable bonds is 3. The molecule has 0 bridgehead atoms. The number of nitrogens with zero attached hydrogens (tertiary/aromatic N) is 2. The van der Waals surface area contributed by atoms with Crippen molar-refractivity contribution in [3.8, 4) is 6.07 Å². The molecule has 0 aliphatic carbocycles. The molecule has 0 spiro atoms. The molecular formula is C13H19N3S2. The third kappa shape index (κ3) is 3.01. The van der Waals surface area contributed by atoms with Crippen molar-refractivity contribution in [3.05, 3.63) is 23.9 Å². The first-order valence-electron chi connectivity index (χ1n) is 5.76. The standard InChI is InChI=1S/C13H19N3S2/c1-18(2,3,4)9-17-12-7-5-6-10-11(8-14)15-16-13(10)12/h5-7,18H,9H2,1-4H3,(H,15,16). The van der Waals surface area contributed by atoms with Gasteiger partial charge in [0, 0.05) is 15.4 Å². The molecule has 0 aliphatic heterocycles. The van der Waals surface area contributed by atoms with Gasteiger partial charge in [0.25, 0.3) is 0 Å². The van der Waals surface area contributed by atoms with E-state index in [0.717, 1.165) is 16.0 Å². The van der Waals surface area contributed by atoms with Crippen molar-refractivity contribution in [3.63, 3.8) is 0 Å². The zero-order valence-electron chi connectivity index (χ0n) is 11.2. The highest BCUT2D eigenvalue weighted by atomic mass is 32.3. The van der Waals surface area contributed by atoms with E-state index in [9.17, 15) is 0 Å². The van der Waals surface area contributed by atoms with Crippen molar-refractivity contribution in [1.82, 2.24) is 10.2 Å². The summed E-state index contributed by atoms with van der Waals surface area (Å²) in [7, 11) is -1.53. The van der Waals surface area contributed by atoms with Gasteiger partial charge in [-0.25, -0.2) is 0 Å². The lowest BCUT2D eigenvalue weighted by Gasteiger charge is -2.46. The van der Waals surface area contributed by atoms with E-state index >= 15 is 0 Å². The predicted molar refractivity (Wildman–Crippen MR) is 84.2 cm³/mol. The molecule has 1 aromatic heterocycles. The first-order valence-corrected chi connectivity index (χ1v) is 11.0. The van der Waals surface area contributed by atoms with Crippen LogP contribution in [0, 0.1) is 11.3 Å². The lowest BCUT2D eigenvalue weighted by Crippen LogP contribution is -2.12.